The summed E-state index contributed by atoms with van der Waals surface area (Å²) in [6.07, 6.45) is 2.22. The summed E-state index contributed by atoms with van der Waals surface area (Å²) in [5, 5.41) is 0.567. The van der Waals surface area contributed by atoms with Gasteiger partial charge in [0.2, 0.25) is 5.91 Å². The second-order valence-electron chi connectivity index (χ2n) is 11.0. The lowest BCUT2D eigenvalue weighted by Crippen LogP contribution is -2.42. The molecule has 1 saturated heterocycles. The fourth-order valence-electron chi connectivity index (χ4n) is 5.02. The number of Topliss-reactive ketones (excluding diaryl/α,β-unsaturated/α-hetero) is 1. The van der Waals surface area contributed by atoms with Gasteiger partial charge >= 0.3 is 0 Å². The van der Waals surface area contributed by atoms with Gasteiger partial charge in [0.15, 0.2) is 5.78 Å². The molecule has 0 saturated carbocycles. The fraction of sp³-hybridized carbons (Fsp3) is 0.448. The van der Waals surface area contributed by atoms with E-state index in [1.807, 2.05) is 75.3 Å². The van der Waals surface area contributed by atoms with Crippen molar-refractivity contribution in [3.63, 3.8) is 0 Å². The molecule has 36 heavy (non-hydrogen) atoms. The van der Waals surface area contributed by atoms with Crippen LogP contribution >= 0.6 is 0 Å². The molecule has 1 aliphatic heterocycles. The molecule has 0 atom stereocenters. The van der Waals surface area contributed by atoms with Gasteiger partial charge in [-0.15, -0.1) is 0 Å². The third-order valence-corrected chi connectivity index (χ3v) is 6.89. The van der Waals surface area contributed by atoms with Crippen LogP contribution in [0.25, 0.3) is 10.9 Å². The lowest BCUT2D eigenvalue weighted by Gasteiger charge is -2.34. The van der Waals surface area contributed by atoms with Crippen molar-refractivity contribution in [2.24, 2.45) is 11.3 Å². The number of H-pyrrole nitrogens is 1. The van der Waals surface area contributed by atoms with Gasteiger partial charge in [-0.05, 0) is 50.0 Å². The normalized spacial score (nSPS) is 15.0. The molecular formula is C29H36N4O3. The van der Waals surface area contributed by atoms with Crippen LogP contribution in [0, 0.1) is 11.3 Å². The molecule has 1 amide bonds. The van der Waals surface area contributed by atoms with Crippen LogP contribution < -0.4 is 5.56 Å². The SMILES string of the molecule is CN(C)Cc1ccc(C(=O)C2CCN(C(=O)CC(C)(C)Cc3nc4ccccc4c(=O)[nH]3)CC2)cc1. The van der Waals surface area contributed by atoms with Gasteiger partial charge in [0.25, 0.3) is 5.56 Å². The van der Waals surface area contributed by atoms with Crippen molar-refractivity contribution in [2.75, 3.05) is 27.2 Å². The van der Waals surface area contributed by atoms with Crippen LogP contribution in [0.5, 0.6) is 0 Å². The maximum Gasteiger partial charge on any atom is 0.258 e. The number of fused-ring (bicyclic) bond motifs is 1. The van der Waals surface area contributed by atoms with Crippen LogP contribution in [0.2, 0.25) is 0 Å². The number of para-hydroxylation sites is 1. The number of rotatable bonds is 8. The Morgan fingerprint density at radius 1 is 1.06 bits per heavy atom. The number of likely N-dealkylation sites (tertiary alicyclic amines) is 1. The summed E-state index contributed by atoms with van der Waals surface area (Å²) in [4.78, 5) is 50.0. The van der Waals surface area contributed by atoms with E-state index in [9.17, 15) is 14.4 Å². The lowest BCUT2D eigenvalue weighted by molar-refractivity contribution is -0.134. The summed E-state index contributed by atoms with van der Waals surface area (Å²) in [5.41, 5.74) is 2.08. The monoisotopic (exact) mass is 488 g/mol. The van der Waals surface area contributed by atoms with Crippen LogP contribution in [-0.2, 0) is 17.8 Å². The Labute approximate surface area is 212 Å². The minimum Gasteiger partial charge on any atom is -0.343 e. The number of aromatic nitrogens is 2. The minimum atomic E-state index is -0.365. The van der Waals surface area contributed by atoms with E-state index >= 15 is 0 Å². The summed E-state index contributed by atoms with van der Waals surface area (Å²) in [6.45, 7) is 6.08. The first-order valence-corrected chi connectivity index (χ1v) is 12.6. The quantitative estimate of drug-likeness (QED) is 0.483. The van der Waals surface area contributed by atoms with Crippen molar-refractivity contribution in [3.05, 3.63) is 75.8 Å². The largest absolute Gasteiger partial charge is 0.343 e. The molecule has 1 aromatic heterocycles. The van der Waals surface area contributed by atoms with Crippen molar-refractivity contribution in [2.45, 2.75) is 46.1 Å². The molecule has 0 radical (unpaired) electrons. The van der Waals surface area contributed by atoms with Gasteiger partial charge in [0.05, 0.1) is 10.9 Å². The molecule has 0 aliphatic carbocycles. The lowest BCUT2D eigenvalue weighted by atomic mass is 9.83. The Morgan fingerprint density at radius 2 is 1.72 bits per heavy atom. The van der Waals surface area contributed by atoms with E-state index in [1.165, 1.54) is 5.56 Å². The Bertz CT molecular complexity index is 1290. The molecule has 2 aromatic carbocycles. The maximum absolute atomic E-state index is 13.1. The highest BCUT2D eigenvalue weighted by molar-refractivity contribution is 5.98. The predicted molar refractivity (Wildman–Crippen MR) is 142 cm³/mol. The number of hydrogen-bond donors (Lipinski definition) is 1. The zero-order valence-corrected chi connectivity index (χ0v) is 21.7. The van der Waals surface area contributed by atoms with Crippen molar-refractivity contribution < 1.29 is 9.59 Å². The van der Waals surface area contributed by atoms with Crippen LogP contribution in [0.3, 0.4) is 0 Å². The van der Waals surface area contributed by atoms with E-state index in [1.54, 1.807) is 6.07 Å². The number of carbonyl (C=O) groups is 2. The van der Waals surface area contributed by atoms with Crippen LogP contribution in [-0.4, -0.2) is 58.6 Å². The van der Waals surface area contributed by atoms with Gasteiger partial charge < -0.3 is 14.8 Å². The molecule has 0 spiro atoms. The molecule has 0 bridgehead atoms. The molecule has 7 nitrogen and oxygen atoms in total. The molecule has 190 valence electrons. The van der Waals surface area contributed by atoms with E-state index < -0.39 is 0 Å². The summed E-state index contributed by atoms with van der Waals surface area (Å²) in [7, 11) is 4.05. The van der Waals surface area contributed by atoms with E-state index in [0.29, 0.717) is 55.5 Å². The zero-order valence-electron chi connectivity index (χ0n) is 21.7. The van der Waals surface area contributed by atoms with Gasteiger partial charge in [0.1, 0.15) is 5.82 Å². The number of piperidine rings is 1. The summed E-state index contributed by atoms with van der Waals surface area (Å²) >= 11 is 0. The number of benzene rings is 2. The van der Waals surface area contributed by atoms with Crippen LogP contribution in [0.15, 0.2) is 53.3 Å². The number of ketones is 1. The molecule has 1 fully saturated rings. The highest BCUT2D eigenvalue weighted by atomic mass is 16.2. The molecule has 7 heteroatoms. The van der Waals surface area contributed by atoms with Crippen LogP contribution in [0.4, 0.5) is 0 Å². The fourth-order valence-corrected chi connectivity index (χ4v) is 5.02. The summed E-state index contributed by atoms with van der Waals surface area (Å²) in [5.74, 6) is 0.804. The van der Waals surface area contributed by atoms with E-state index in [4.69, 9.17) is 0 Å². The van der Waals surface area contributed by atoms with Crippen molar-refractivity contribution >= 4 is 22.6 Å². The van der Waals surface area contributed by atoms with Gasteiger partial charge in [0, 0.05) is 44.0 Å². The molecular weight excluding hydrogens is 452 g/mol. The molecule has 0 unspecified atom stereocenters. The second kappa shape index (κ2) is 10.7. The Hall–Kier alpha value is -3.32. The molecule has 1 N–H and O–H groups in total. The number of nitrogens with zero attached hydrogens (tertiary/aromatic N) is 3. The average molecular weight is 489 g/mol. The molecule has 4 rings (SSSR count). The Kier molecular flexibility index (Phi) is 7.69. The van der Waals surface area contributed by atoms with Crippen molar-refractivity contribution in [1.82, 2.24) is 19.8 Å². The van der Waals surface area contributed by atoms with E-state index in [2.05, 4.69) is 14.9 Å². The van der Waals surface area contributed by atoms with Gasteiger partial charge in [-0.1, -0.05) is 50.2 Å². The highest BCUT2D eigenvalue weighted by Crippen LogP contribution is 2.28. The highest BCUT2D eigenvalue weighted by Gasteiger charge is 2.31. The smallest absolute Gasteiger partial charge is 0.258 e. The topological polar surface area (TPSA) is 86.4 Å². The van der Waals surface area contributed by atoms with Crippen LogP contribution in [0.1, 0.15) is 54.9 Å². The first kappa shape index (κ1) is 25.8. The number of amides is 1. The summed E-state index contributed by atoms with van der Waals surface area (Å²) in [6, 6.07) is 15.2. The van der Waals surface area contributed by atoms with Crippen molar-refractivity contribution in [3.8, 4) is 0 Å². The summed E-state index contributed by atoms with van der Waals surface area (Å²) < 4.78 is 0. The van der Waals surface area contributed by atoms with Gasteiger partial charge in [-0.2, -0.15) is 0 Å². The third kappa shape index (κ3) is 6.26. The zero-order chi connectivity index (χ0) is 25.9. The van der Waals surface area contributed by atoms with E-state index in [0.717, 1.165) is 12.1 Å². The first-order valence-electron chi connectivity index (χ1n) is 12.6. The minimum absolute atomic E-state index is 0.0476. The number of hydrogen-bond acceptors (Lipinski definition) is 5. The van der Waals surface area contributed by atoms with Gasteiger partial charge in [-0.25, -0.2) is 4.98 Å². The number of carbonyl (C=O) groups excluding carboxylic acids is 2. The molecule has 3 aromatic rings. The number of aromatic amines is 1. The second-order valence-corrected chi connectivity index (χ2v) is 11.0. The Morgan fingerprint density at radius 3 is 2.39 bits per heavy atom. The first-order chi connectivity index (χ1) is 17.1. The molecule has 2 heterocycles. The maximum atomic E-state index is 13.1. The number of nitrogens with one attached hydrogen (secondary N) is 1. The van der Waals surface area contributed by atoms with Crippen molar-refractivity contribution in [1.29, 1.82) is 0 Å². The Balaban J connectivity index is 1.32. The predicted octanol–water partition coefficient (Wildman–Crippen LogP) is 4.07. The van der Waals surface area contributed by atoms with E-state index in [-0.39, 0.29) is 28.6 Å². The van der Waals surface area contributed by atoms with Gasteiger partial charge in [-0.3, -0.25) is 14.4 Å². The average Bonchev–Trinajstić information content (AvgIpc) is 2.83. The third-order valence-electron chi connectivity index (χ3n) is 6.89. The molecule has 1 aliphatic rings. The standard InChI is InChI=1S/C29H36N4O3/c1-29(2,17-25-30-24-8-6-5-7-23(24)28(36)31-25)18-26(34)33-15-13-22(14-16-33)27(35)21-11-9-20(10-12-21)19-32(3)4/h5-12,22H,13-19H2,1-4H3,(H,30,31,36).